The molecule has 1 saturated heterocycles. The minimum absolute atomic E-state index is 0.0604. The summed E-state index contributed by atoms with van der Waals surface area (Å²) in [6, 6.07) is 0. The summed E-state index contributed by atoms with van der Waals surface area (Å²) in [4.78, 5) is 51.0. The van der Waals surface area contributed by atoms with Crippen LogP contribution in [0.1, 0.15) is 278 Å². The number of allylic oxidation sites excluding steroid dienone is 4. The zero-order chi connectivity index (χ0) is 51.8. The minimum atomic E-state index is -1.90. The van der Waals surface area contributed by atoms with E-state index in [1.165, 1.54) is 141 Å². The van der Waals surface area contributed by atoms with Gasteiger partial charge in [-0.1, -0.05) is 231 Å². The number of aliphatic hydroxyl groups is 2. The Bertz CT molecular complexity index is 1340. The largest absolute Gasteiger partial charge is 0.479 e. The van der Waals surface area contributed by atoms with Crippen LogP contribution in [0.4, 0.5) is 0 Å². The zero-order valence-electron chi connectivity index (χ0n) is 45.5. The molecule has 0 aromatic rings. The van der Waals surface area contributed by atoms with E-state index in [1.54, 1.807) is 0 Å². The van der Waals surface area contributed by atoms with Crippen molar-refractivity contribution in [1.82, 2.24) is 0 Å². The number of aliphatic carboxylic acids is 1. The molecule has 1 aliphatic heterocycles. The van der Waals surface area contributed by atoms with E-state index >= 15 is 0 Å². The van der Waals surface area contributed by atoms with E-state index in [2.05, 4.69) is 45.1 Å². The van der Waals surface area contributed by atoms with Gasteiger partial charge in [0.2, 0.25) is 0 Å². The monoisotopic (exact) mass is 1010 g/mol. The van der Waals surface area contributed by atoms with E-state index in [-0.39, 0.29) is 25.9 Å². The summed E-state index contributed by atoms with van der Waals surface area (Å²) < 4.78 is 28.4. The van der Waals surface area contributed by atoms with Crippen molar-refractivity contribution in [3.8, 4) is 0 Å². The van der Waals surface area contributed by atoms with Gasteiger partial charge in [-0.3, -0.25) is 14.4 Å². The van der Waals surface area contributed by atoms with Crippen LogP contribution >= 0.6 is 0 Å². The maximum Gasteiger partial charge on any atom is 0.335 e. The highest BCUT2D eigenvalue weighted by Gasteiger charge is 2.50. The third kappa shape index (κ3) is 38.4. The van der Waals surface area contributed by atoms with Crippen LogP contribution in [-0.2, 0) is 42.9 Å². The van der Waals surface area contributed by atoms with Crippen molar-refractivity contribution < 1.29 is 58.2 Å². The molecule has 0 bridgehead atoms. The number of ether oxygens (including phenoxy) is 5. The first kappa shape index (κ1) is 66.2. The molecule has 414 valence electrons. The second-order valence-corrected chi connectivity index (χ2v) is 20.3. The van der Waals surface area contributed by atoms with Crippen LogP contribution in [0.15, 0.2) is 24.3 Å². The van der Waals surface area contributed by atoms with Gasteiger partial charge in [0.25, 0.3) is 0 Å². The van der Waals surface area contributed by atoms with Crippen LogP contribution in [0.3, 0.4) is 0 Å². The number of carbonyl (C=O) groups is 4. The number of esters is 3. The molecular weight excluding hydrogens is 901 g/mol. The number of carboxylic acids is 1. The van der Waals surface area contributed by atoms with Crippen LogP contribution in [0, 0.1) is 0 Å². The molecule has 0 aromatic heterocycles. The van der Waals surface area contributed by atoms with Gasteiger partial charge in [-0.15, -0.1) is 0 Å². The molecule has 6 atom stereocenters. The summed E-state index contributed by atoms with van der Waals surface area (Å²) in [5.41, 5.74) is 0. The number of carbonyl (C=O) groups excluding carboxylic acids is 3. The quantitative estimate of drug-likeness (QED) is 0.0228. The van der Waals surface area contributed by atoms with Gasteiger partial charge >= 0.3 is 23.9 Å². The van der Waals surface area contributed by atoms with Gasteiger partial charge in [0, 0.05) is 19.3 Å². The molecule has 71 heavy (non-hydrogen) atoms. The maximum absolute atomic E-state index is 13.1. The van der Waals surface area contributed by atoms with E-state index < -0.39 is 67.3 Å². The third-order valence-electron chi connectivity index (χ3n) is 13.5. The summed E-state index contributed by atoms with van der Waals surface area (Å²) in [5, 5.41) is 31.4. The molecule has 0 aliphatic carbocycles. The average Bonchev–Trinajstić information content (AvgIpc) is 3.35. The van der Waals surface area contributed by atoms with Crippen molar-refractivity contribution in [2.24, 2.45) is 0 Å². The lowest BCUT2D eigenvalue weighted by Crippen LogP contribution is -2.61. The molecule has 0 spiro atoms. The predicted octanol–water partition coefficient (Wildman–Crippen LogP) is 14.7. The topological polar surface area (TPSA) is 175 Å². The van der Waals surface area contributed by atoms with E-state index in [0.29, 0.717) is 19.3 Å². The minimum Gasteiger partial charge on any atom is -0.479 e. The molecule has 1 heterocycles. The average molecular weight is 1010 g/mol. The molecule has 1 aliphatic rings. The van der Waals surface area contributed by atoms with E-state index in [0.717, 1.165) is 77.0 Å². The van der Waals surface area contributed by atoms with Crippen LogP contribution in [0.5, 0.6) is 0 Å². The van der Waals surface area contributed by atoms with Crippen LogP contribution < -0.4 is 0 Å². The lowest BCUT2D eigenvalue weighted by Gasteiger charge is -2.40. The standard InChI is InChI=1S/C59H106O12/c1-4-7-10-13-16-19-22-23-24-25-26-27-28-29-32-35-38-41-44-47-53(62)70-57-55(64)54(63)56(58(65)66)71-59(57)68-49-50(69-52(61)46-43-40-37-34-31-21-18-15-12-9-6-3)48-67-51(60)45-42-39-36-33-30-20-17-14-11-8-5-2/h16,19,23-24,50,54-57,59,63-64H,4-15,17-18,20-22,25-49H2,1-3H3,(H,65,66)/b19-16-,24-23-. The number of hydrogen-bond acceptors (Lipinski definition) is 11. The fourth-order valence-corrected chi connectivity index (χ4v) is 8.99. The number of hydrogen-bond donors (Lipinski definition) is 3. The van der Waals surface area contributed by atoms with Crippen molar-refractivity contribution in [2.75, 3.05) is 13.2 Å². The summed E-state index contributed by atoms with van der Waals surface area (Å²) in [6.45, 7) is 5.97. The molecule has 3 N–H and O–H groups in total. The Balaban J connectivity index is 2.64. The van der Waals surface area contributed by atoms with Gasteiger partial charge in [0.15, 0.2) is 24.6 Å². The van der Waals surface area contributed by atoms with Crippen molar-refractivity contribution in [2.45, 2.75) is 314 Å². The first-order valence-corrected chi connectivity index (χ1v) is 29.3. The van der Waals surface area contributed by atoms with Crippen LogP contribution in [-0.4, -0.2) is 89.2 Å². The second-order valence-electron chi connectivity index (χ2n) is 20.3. The summed E-state index contributed by atoms with van der Waals surface area (Å²) in [7, 11) is 0. The smallest absolute Gasteiger partial charge is 0.335 e. The lowest BCUT2D eigenvalue weighted by atomic mass is 9.98. The van der Waals surface area contributed by atoms with E-state index in [4.69, 9.17) is 23.7 Å². The lowest BCUT2D eigenvalue weighted by molar-refractivity contribution is -0.301. The number of aliphatic hydroxyl groups excluding tert-OH is 2. The maximum atomic E-state index is 13.1. The molecule has 0 saturated carbocycles. The summed E-state index contributed by atoms with van der Waals surface area (Å²) in [5.74, 6) is -3.10. The van der Waals surface area contributed by atoms with Gasteiger partial charge in [0.1, 0.15) is 18.8 Å². The van der Waals surface area contributed by atoms with E-state index in [9.17, 15) is 34.5 Å². The molecule has 1 fully saturated rings. The van der Waals surface area contributed by atoms with Crippen molar-refractivity contribution in [3.63, 3.8) is 0 Å². The first-order chi connectivity index (χ1) is 34.6. The Morgan fingerprint density at radius 1 is 0.465 bits per heavy atom. The van der Waals surface area contributed by atoms with Gasteiger partial charge in [-0.05, 0) is 51.4 Å². The van der Waals surface area contributed by atoms with Gasteiger partial charge in [0.05, 0.1) is 6.61 Å². The molecule has 12 nitrogen and oxygen atoms in total. The molecule has 1 rings (SSSR count). The van der Waals surface area contributed by atoms with Gasteiger partial charge in [-0.25, -0.2) is 4.79 Å². The Morgan fingerprint density at radius 3 is 1.30 bits per heavy atom. The first-order valence-electron chi connectivity index (χ1n) is 29.3. The number of carboxylic acid groups (broad SMARTS) is 1. The summed E-state index contributed by atoms with van der Waals surface area (Å²) in [6.07, 6.45) is 41.5. The molecular formula is C59H106O12. The Hall–Kier alpha value is -2.80. The number of rotatable bonds is 50. The van der Waals surface area contributed by atoms with E-state index in [1.807, 2.05) is 0 Å². The molecule has 6 unspecified atom stereocenters. The van der Waals surface area contributed by atoms with Crippen LogP contribution in [0.2, 0.25) is 0 Å². The van der Waals surface area contributed by atoms with Crippen molar-refractivity contribution in [1.29, 1.82) is 0 Å². The highest BCUT2D eigenvalue weighted by Crippen LogP contribution is 2.26. The van der Waals surface area contributed by atoms with Crippen LogP contribution in [0.25, 0.3) is 0 Å². The highest BCUT2D eigenvalue weighted by atomic mass is 16.7. The third-order valence-corrected chi connectivity index (χ3v) is 13.5. The Morgan fingerprint density at radius 2 is 0.845 bits per heavy atom. The van der Waals surface area contributed by atoms with Gasteiger partial charge < -0.3 is 39.0 Å². The molecule has 0 aromatic carbocycles. The van der Waals surface area contributed by atoms with Crippen molar-refractivity contribution in [3.05, 3.63) is 24.3 Å². The Kier molecular flexibility index (Phi) is 44.9. The molecule has 12 heteroatoms. The Labute approximate surface area is 432 Å². The summed E-state index contributed by atoms with van der Waals surface area (Å²) >= 11 is 0. The fraction of sp³-hybridized carbons (Fsp3) is 0.864. The number of unbranched alkanes of at least 4 members (excludes halogenated alkanes) is 32. The van der Waals surface area contributed by atoms with Crippen molar-refractivity contribution >= 4 is 23.9 Å². The second kappa shape index (κ2) is 48.2. The zero-order valence-corrected chi connectivity index (χ0v) is 45.5. The van der Waals surface area contributed by atoms with Gasteiger partial charge in [-0.2, -0.15) is 0 Å². The SMILES string of the molecule is CCCCC/C=C\C/C=C\CCCCCCCCCCCC(=O)OC1C(OCC(COC(=O)CCCCCCCCCCCCC)OC(=O)CCCCCCCCCCCCC)OC(C(=O)O)C(O)C1O. The highest BCUT2D eigenvalue weighted by molar-refractivity contribution is 5.74. The molecule has 0 radical (unpaired) electrons. The molecule has 0 amide bonds. The normalized spacial score (nSPS) is 18.6. The predicted molar refractivity (Wildman–Crippen MR) is 285 cm³/mol. The fourth-order valence-electron chi connectivity index (χ4n) is 8.99.